The van der Waals surface area contributed by atoms with Crippen molar-refractivity contribution in [3.8, 4) is 0 Å². The molecule has 0 heterocycles. The third-order valence-electron chi connectivity index (χ3n) is 3.07. The fourth-order valence-electron chi connectivity index (χ4n) is 2.01. The molecule has 0 atom stereocenters. The van der Waals surface area contributed by atoms with Gasteiger partial charge in [0.2, 0.25) is 5.91 Å². The number of hydrogen-bond donors (Lipinski definition) is 1. The van der Waals surface area contributed by atoms with Crippen LogP contribution in [0, 0.1) is 5.41 Å². The van der Waals surface area contributed by atoms with E-state index in [1.54, 1.807) is 0 Å². The van der Waals surface area contributed by atoms with Crippen molar-refractivity contribution in [2.75, 3.05) is 13.2 Å². The van der Waals surface area contributed by atoms with E-state index >= 15 is 0 Å². The Morgan fingerprint density at radius 1 is 1.40 bits per heavy atom. The fraction of sp³-hybridized carbons (Fsp3) is 0.917. The van der Waals surface area contributed by atoms with Crippen LogP contribution in [0.1, 0.15) is 46.5 Å². The summed E-state index contributed by atoms with van der Waals surface area (Å²) in [7, 11) is 0. The average Bonchev–Trinajstić information content (AvgIpc) is 2.60. The van der Waals surface area contributed by atoms with Crippen LogP contribution in [0.4, 0.5) is 0 Å². The highest BCUT2D eigenvalue weighted by molar-refractivity contribution is 5.77. The summed E-state index contributed by atoms with van der Waals surface area (Å²) in [6.45, 7) is 7.11. The molecule has 88 valence electrons. The highest BCUT2D eigenvalue weighted by Crippen LogP contribution is 2.36. The molecule has 0 aromatic heterocycles. The Morgan fingerprint density at radius 3 is 2.53 bits per heavy atom. The average molecular weight is 213 g/mol. The Morgan fingerprint density at radius 2 is 2.00 bits per heavy atom. The molecule has 1 saturated carbocycles. The van der Waals surface area contributed by atoms with Crippen LogP contribution in [-0.2, 0) is 9.53 Å². The van der Waals surface area contributed by atoms with E-state index in [0.29, 0.717) is 5.41 Å². The van der Waals surface area contributed by atoms with E-state index in [-0.39, 0.29) is 18.6 Å². The summed E-state index contributed by atoms with van der Waals surface area (Å²) in [5, 5.41) is 2.96. The van der Waals surface area contributed by atoms with E-state index in [1.165, 1.54) is 25.7 Å². The van der Waals surface area contributed by atoms with Crippen molar-refractivity contribution < 1.29 is 9.53 Å². The topological polar surface area (TPSA) is 38.3 Å². The number of hydrogen-bond acceptors (Lipinski definition) is 2. The number of amides is 1. The molecule has 1 N–H and O–H groups in total. The van der Waals surface area contributed by atoms with E-state index < -0.39 is 0 Å². The summed E-state index contributed by atoms with van der Waals surface area (Å²) in [6, 6.07) is 0. The molecule has 1 aliphatic carbocycles. The van der Waals surface area contributed by atoms with E-state index in [2.05, 4.69) is 12.2 Å². The van der Waals surface area contributed by atoms with Gasteiger partial charge in [-0.3, -0.25) is 4.79 Å². The van der Waals surface area contributed by atoms with Crippen molar-refractivity contribution >= 4 is 5.91 Å². The minimum Gasteiger partial charge on any atom is -0.369 e. The fourth-order valence-corrected chi connectivity index (χ4v) is 2.01. The summed E-state index contributed by atoms with van der Waals surface area (Å²) in [5.41, 5.74) is 0.327. The lowest BCUT2D eigenvalue weighted by molar-refractivity contribution is -0.127. The highest BCUT2D eigenvalue weighted by Gasteiger charge is 2.28. The molecule has 0 radical (unpaired) electrons. The summed E-state index contributed by atoms with van der Waals surface area (Å²) < 4.78 is 5.24. The molecule has 1 rings (SSSR count). The third-order valence-corrected chi connectivity index (χ3v) is 3.07. The maximum atomic E-state index is 11.4. The Hall–Kier alpha value is -0.570. The first-order valence-electron chi connectivity index (χ1n) is 5.90. The second kappa shape index (κ2) is 5.50. The first-order chi connectivity index (χ1) is 7.02. The van der Waals surface area contributed by atoms with Crippen molar-refractivity contribution in [3.05, 3.63) is 0 Å². The molecule has 0 saturated heterocycles. The Labute approximate surface area is 92.6 Å². The summed E-state index contributed by atoms with van der Waals surface area (Å²) >= 11 is 0. The van der Waals surface area contributed by atoms with Crippen LogP contribution in [0.15, 0.2) is 0 Å². The molecular weight excluding hydrogens is 190 g/mol. The lowest BCUT2D eigenvalue weighted by Crippen LogP contribution is -2.36. The smallest absolute Gasteiger partial charge is 0.246 e. The molecule has 0 spiro atoms. The minimum absolute atomic E-state index is 0.0109. The largest absolute Gasteiger partial charge is 0.369 e. The standard InChI is InChI=1S/C12H23NO2/c1-10(2)15-8-11(14)13-9-12(3)6-4-5-7-12/h10H,4-9H2,1-3H3,(H,13,14). The molecule has 1 aliphatic rings. The van der Waals surface area contributed by atoms with Gasteiger partial charge in [0.05, 0.1) is 6.10 Å². The molecule has 3 nitrogen and oxygen atoms in total. The van der Waals surface area contributed by atoms with E-state index in [9.17, 15) is 4.79 Å². The SMILES string of the molecule is CC(C)OCC(=O)NCC1(C)CCCC1. The van der Waals surface area contributed by atoms with Crippen LogP contribution in [0.5, 0.6) is 0 Å². The van der Waals surface area contributed by atoms with Crippen molar-refractivity contribution in [2.45, 2.75) is 52.6 Å². The molecule has 1 amide bonds. The van der Waals surface area contributed by atoms with Crippen molar-refractivity contribution in [3.63, 3.8) is 0 Å². The van der Waals surface area contributed by atoms with Gasteiger partial charge in [-0.1, -0.05) is 19.8 Å². The van der Waals surface area contributed by atoms with E-state index in [0.717, 1.165) is 6.54 Å². The number of carbonyl (C=O) groups excluding carboxylic acids is 1. The Balaban J connectivity index is 2.16. The van der Waals surface area contributed by atoms with Gasteiger partial charge in [0, 0.05) is 6.54 Å². The zero-order chi connectivity index (χ0) is 11.3. The zero-order valence-corrected chi connectivity index (χ0v) is 10.1. The Kier molecular flexibility index (Phi) is 4.58. The van der Waals surface area contributed by atoms with Gasteiger partial charge >= 0.3 is 0 Å². The first-order valence-corrected chi connectivity index (χ1v) is 5.90. The van der Waals surface area contributed by atoms with Crippen LogP contribution in [0.3, 0.4) is 0 Å². The zero-order valence-electron chi connectivity index (χ0n) is 10.1. The summed E-state index contributed by atoms with van der Waals surface area (Å²) in [6.07, 6.45) is 5.19. The van der Waals surface area contributed by atoms with Gasteiger partial charge in [-0.05, 0) is 32.1 Å². The number of ether oxygens (including phenoxy) is 1. The molecule has 0 aliphatic heterocycles. The van der Waals surface area contributed by atoms with Gasteiger partial charge in [-0.25, -0.2) is 0 Å². The minimum atomic E-state index is 0.0109. The maximum Gasteiger partial charge on any atom is 0.246 e. The molecule has 0 bridgehead atoms. The van der Waals surface area contributed by atoms with Crippen LogP contribution < -0.4 is 5.32 Å². The van der Waals surface area contributed by atoms with Crippen LogP contribution in [0.25, 0.3) is 0 Å². The van der Waals surface area contributed by atoms with Gasteiger partial charge in [-0.2, -0.15) is 0 Å². The summed E-state index contributed by atoms with van der Waals surface area (Å²) in [5.74, 6) is 0.0109. The number of nitrogens with one attached hydrogen (secondary N) is 1. The lowest BCUT2D eigenvalue weighted by atomic mass is 9.89. The molecule has 3 heteroatoms. The third kappa shape index (κ3) is 4.65. The molecule has 1 fully saturated rings. The molecule has 0 aromatic carbocycles. The Bertz CT molecular complexity index is 208. The molecule has 0 aromatic rings. The molecule has 0 unspecified atom stereocenters. The van der Waals surface area contributed by atoms with Gasteiger partial charge in [0.25, 0.3) is 0 Å². The quantitative estimate of drug-likeness (QED) is 0.759. The molecule has 15 heavy (non-hydrogen) atoms. The predicted molar refractivity (Wildman–Crippen MR) is 60.7 cm³/mol. The van der Waals surface area contributed by atoms with Crippen molar-refractivity contribution in [2.24, 2.45) is 5.41 Å². The lowest BCUT2D eigenvalue weighted by Gasteiger charge is -2.23. The monoisotopic (exact) mass is 213 g/mol. The van der Waals surface area contributed by atoms with Gasteiger partial charge in [0.1, 0.15) is 6.61 Å². The van der Waals surface area contributed by atoms with Crippen LogP contribution in [-0.4, -0.2) is 25.2 Å². The molecular formula is C12H23NO2. The van der Waals surface area contributed by atoms with Crippen molar-refractivity contribution in [1.82, 2.24) is 5.32 Å². The predicted octanol–water partition coefficient (Wildman–Crippen LogP) is 2.11. The van der Waals surface area contributed by atoms with E-state index in [1.807, 2.05) is 13.8 Å². The maximum absolute atomic E-state index is 11.4. The summed E-state index contributed by atoms with van der Waals surface area (Å²) in [4.78, 5) is 11.4. The van der Waals surface area contributed by atoms with Crippen molar-refractivity contribution in [1.29, 1.82) is 0 Å². The second-order valence-electron chi connectivity index (χ2n) is 5.15. The van der Waals surface area contributed by atoms with Gasteiger partial charge in [0.15, 0.2) is 0 Å². The normalized spacial score (nSPS) is 19.5. The highest BCUT2D eigenvalue weighted by atomic mass is 16.5. The van der Waals surface area contributed by atoms with E-state index in [4.69, 9.17) is 4.74 Å². The van der Waals surface area contributed by atoms with Gasteiger partial charge < -0.3 is 10.1 Å². The van der Waals surface area contributed by atoms with Crippen LogP contribution >= 0.6 is 0 Å². The van der Waals surface area contributed by atoms with Crippen LogP contribution in [0.2, 0.25) is 0 Å². The number of rotatable bonds is 5. The van der Waals surface area contributed by atoms with Gasteiger partial charge in [-0.15, -0.1) is 0 Å². The number of carbonyl (C=O) groups is 1. The first kappa shape index (κ1) is 12.5. The second-order valence-corrected chi connectivity index (χ2v) is 5.15.